The third-order valence-corrected chi connectivity index (χ3v) is 7.15. The lowest BCUT2D eigenvalue weighted by Gasteiger charge is -2.37. The molecule has 3 aliphatic rings. The molecule has 0 atom stereocenters. The zero-order valence-electron chi connectivity index (χ0n) is 22.1. The number of piperidine rings is 1. The normalized spacial score (nSPS) is 18.4. The van der Waals surface area contributed by atoms with Crippen LogP contribution in [0.1, 0.15) is 79.7 Å². The van der Waals surface area contributed by atoms with E-state index in [1.807, 2.05) is 37.8 Å². The summed E-state index contributed by atoms with van der Waals surface area (Å²) in [6.45, 7) is 7.13. The van der Waals surface area contributed by atoms with E-state index in [0.717, 1.165) is 24.0 Å². The molecule has 0 unspecified atom stereocenters. The summed E-state index contributed by atoms with van der Waals surface area (Å²) in [6, 6.07) is 5.59. The smallest absolute Gasteiger partial charge is 0.410 e. The Kier molecular flexibility index (Phi) is 6.81. The van der Waals surface area contributed by atoms with Gasteiger partial charge in [0, 0.05) is 55.5 Å². The first-order valence-electron chi connectivity index (χ1n) is 13.1. The minimum atomic E-state index is -0.540. The molecule has 2 aliphatic heterocycles. The first-order valence-corrected chi connectivity index (χ1v) is 13.1. The Morgan fingerprint density at radius 3 is 2.39 bits per heavy atom. The molecule has 2 aromatic rings. The van der Waals surface area contributed by atoms with Gasteiger partial charge in [0.25, 0.3) is 11.8 Å². The van der Waals surface area contributed by atoms with Crippen LogP contribution >= 0.6 is 0 Å². The molecule has 0 spiro atoms. The van der Waals surface area contributed by atoms with Crippen molar-refractivity contribution in [3.05, 3.63) is 59.3 Å². The van der Waals surface area contributed by atoms with Crippen LogP contribution in [0, 0.1) is 0 Å². The summed E-state index contributed by atoms with van der Waals surface area (Å²) in [5, 5.41) is 3.00. The number of ether oxygens (including phenoxy) is 1. The molecular weight excluding hydrogens is 484 g/mol. The Bertz CT molecular complexity index is 1270. The van der Waals surface area contributed by atoms with Crippen molar-refractivity contribution in [3.8, 4) is 0 Å². The number of carbonyl (C=O) groups is 3. The van der Waals surface area contributed by atoms with Crippen LogP contribution in [-0.2, 0) is 16.1 Å². The fraction of sp³-hybridized carbons (Fsp3) is 0.464. The highest BCUT2D eigenvalue weighted by molar-refractivity contribution is 6.24. The molecular formula is C28H34N6O4. The number of carbonyl (C=O) groups excluding carboxylic acids is 3. The van der Waals surface area contributed by atoms with Crippen LogP contribution in [0.4, 0.5) is 10.5 Å². The van der Waals surface area contributed by atoms with Gasteiger partial charge >= 0.3 is 6.09 Å². The number of nitrogens with zero attached hydrogens (tertiary/aromatic N) is 4. The van der Waals surface area contributed by atoms with Gasteiger partial charge in [-0.3, -0.25) is 9.59 Å². The Morgan fingerprint density at radius 1 is 1.11 bits per heavy atom. The number of fused-ring (bicyclic) bond motifs is 1. The summed E-state index contributed by atoms with van der Waals surface area (Å²) in [5.74, 6) is 0.181. The second kappa shape index (κ2) is 10.1. The Morgan fingerprint density at radius 2 is 1.79 bits per heavy atom. The maximum absolute atomic E-state index is 13.5. The summed E-state index contributed by atoms with van der Waals surface area (Å²) >= 11 is 0. The van der Waals surface area contributed by atoms with Crippen LogP contribution in [-0.4, -0.2) is 62.4 Å². The van der Waals surface area contributed by atoms with E-state index in [9.17, 15) is 14.4 Å². The Hall–Kier alpha value is -3.95. The lowest BCUT2D eigenvalue weighted by atomic mass is 10.00. The van der Waals surface area contributed by atoms with Gasteiger partial charge in [0.1, 0.15) is 5.60 Å². The van der Waals surface area contributed by atoms with Gasteiger partial charge in [0.15, 0.2) is 5.82 Å². The lowest BCUT2D eigenvalue weighted by Crippen LogP contribution is -2.48. The Balaban J connectivity index is 1.30. The summed E-state index contributed by atoms with van der Waals surface area (Å²) in [7, 11) is 0. The lowest BCUT2D eigenvalue weighted by molar-refractivity contribution is -0.111. The second-order valence-corrected chi connectivity index (χ2v) is 11.1. The highest BCUT2D eigenvalue weighted by Crippen LogP contribution is 2.46. The van der Waals surface area contributed by atoms with Gasteiger partial charge < -0.3 is 25.6 Å². The monoisotopic (exact) mass is 518 g/mol. The van der Waals surface area contributed by atoms with Crippen LogP contribution < -0.4 is 11.1 Å². The third-order valence-electron chi connectivity index (χ3n) is 7.15. The van der Waals surface area contributed by atoms with E-state index in [0.29, 0.717) is 49.6 Å². The number of rotatable bonds is 5. The molecule has 0 radical (unpaired) electrons. The molecule has 1 saturated carbocycles. The second-order valence-electron chi connectivity index (χ2n) is 11.1. The number of hydrogen-bond acceptors (Lipinski definition) is 7. The molecule has 10 nitrogen and oxygen atoms in total. The molecule has 5 rings (SSSR count). The van der Waals surface area contributed by atoms with Crippen molar-refractivity contribution in [2.45, 2.75) is 70.6 Å². The first kappa shape index (κ1) is 25.7. The number of aromatic nitrogens is 2. The van der Waals surface area contributed by atoms with Crippen molar-refractivity contribution >= 4 is 29.2 Å². The minimum Gasteiger partial charge on any atom is -0.444 e. The zero-order chi connectivity index (χ0) is 27.0. The average molecular weight is 519 g/mol. The van der Waals surface area contributed by atoms with Gasteiger partial charge in [-0.25, -0.2) is 14.8 Å². The van der Waals surface area contributed by atoms with Crippen molar-refractivity contribution < 1.29 is 19.1 Å². The van der Waals surface area contributed by atoms with Crippen LogP contribution in [0.3, 0.4) is 0 Å². The molecule has 3 amide bonds. The third kappa shape index (κ3) is 5.34. The Labute approximate surface area is 222 Å². The van der Waals surface area contributed by atoms with Gasteiger partial charge in [-0.05, 0) is 81.7 Å². The SMILES string of the molecule is CC(C)(C)OC(=O)N1CCC(N2Cc3cc(NC(=O)C(=CN)c4ncccn4)c(C4CC4)cc3C2=O)CC1. The highest BCUT2D eigenvalue weighted by atomic mass is 16.6. The van der Waals surface area contributed by atoms with Crippen molar-refractivity contribution in [3.63, 3.8) is 0 Å². The number of nitrogens with one attached hydrogen (secondary N) is 1. The minimum absolute atomic E-state index is 0.00993. The van der Waals surface area contributed by atoms with Crippen LogP contribution in [0.25, 0.3) is 5.57 Å². The van der Waals surface area contributed by atoms with Gasteiger partial charge in [0.2, 0.25) is 0 Å². The van der Waals surface area contributed by atoms with Gasteiger partial charge in [-0.2, -0.15) is 0 Å². The molecule has 200 valence electrons. The molecule has 1 aromatic heterocycles. The van der Waals surface area contributed by atoms with E-state index in [-0.39, 0.29) is 29.4 Å². The van der Waals surface area contributed by atoms with Crippen molar-refractivity contribution in [1.82, 2.24) is 19.8 Å². The van der Waals surface area contributed by atoms with E-state index in [2.05, 4.69) is 15.3 Å². The van der Waals surface area contributed by atoms with E-state index in [4.69, 9.17) is 10.5 Å². The number of amides is 3. The van der Waals surface area contributed by atoms with E-state index < -0.39 is 11.5 Å². The van der Waals surface area contributed by atoms with E-state index in [1.165, 1.54) is 6.20 Å². The van der Waals surface area contributed by atoms with Gasteiger partial charge in [-0.1, -0.05) is 0 Å². The fourth-order valence-corrected chi connectivity index (χ4v) is 5.10. The number of benzene rings is 1. The molecule has 38 heavy (non-hydrogen) atoms. The average Bonchev–Trinajstić information content (AvgIpc) is 3.68. The molecule has 1 aliphatic carbocycles. The molecule has 3 N–H and O–H groups in total. The zero-order valence-corrected chi connectivity index (χ0v) is 22.1. The summed E-state index contributed by atoms with van der Waals surface area (Å²) in [6.07, 6.45) is 7.44. The van der Waals surface area contributed by atoms with Gasteiger partial charge in [0.05, 0.1) is 5.57 Å². The molecule has 3 heterocycles. The van der Waals surface area contributed by atoms with Crippen LogP contribution in [0.15, 0.2) is 36.8 Å². The summed E-state index contributed by atoms with van der Waals surface area (Å²) < 4.78 is 5.50. The van der Waals surface area contributed by atoms with Gasteiger partial charge in [-0.15, -0.1) is 0 Å². The molecule has 10 heteroatoms. The van der Waals surface area contributed by atoms with Crippen molar-refractivity contribution in [2.24, 2.45) is 5.73 Å². The molecule has 0 bridgehead atoms. The highest BCUT2D eigenvalue weighted by Gasteiger charge is 2.38. The standard InChI is InChI=1S/C28H34N6O4/c1-28(2,3)38-27(37)33-11-7-19(8-12-33)34-16-18-13-23(20(17-5-6-17)14-21(18)26(34)36)32-25(35)22(15-29)24-30-9-4-10-31-24/h4,9-10,13-15,17,19H,5-8,11-12,16,29H2,1-3H3,(H,32,35). The summed E-state index contributed by atoms with van der Waals surface area (Å²) in [4.78, 5) is 50.9. The molecule has 2 fully saturated rings. The predicted molar refractivity (Wildman–Crippen MR) is 142 cm³/mol. The largest absolute Gasteiger partial charge is 0.444 e. The number of anilines is 1. The van der Waals surface area contributed by atoms with Crippen LogP contribution in [0.2, 0.25) is 0 Å². The number of nitrogens with two attached hydrogens (primary N) is 1. The fourth-order valence-electron chi connectivity index (χ4n) is 5.10. The topological polar surface area (TPSA) is 131 Å². The first-order chi connectivity index (χ1) is 18.1. The van der Waals surface area contributed by atoms with E-state index in [1.54, 1.807) is 23.4 Å². The van der Waals surface area contributed by atoms with Crippen molar-refractivity contribution in [1.29, 1.82) is 0 Å². The van der Waals surface area contributed by atoms with Crippen molar-refractivity contribution in [2.75, 3.05) is 18.4 Å². The maximum atomic E-state index is 13.5. The van der Waals surface area contributed by atoms with Crippen LogP contribution in [0.5, 0.6) is 0 Å². The maximum Gasteiger partial charge on any atom is 0.410 e. The molecule has 1 saturated heterocycles. The number of likely N-dealkylation sites (tertiary alicyclic amines) is 1. The quantitative estimate of drug-likeness (QED) is 0.578. The summed E-state index contributed by atoms with van der Waals surface area (Å²) in [5.41, 5.74) is 8.64. The van der Waals surface area contributed by atoms with E-state index >= 15 is 0 Å². The predicted octanol–water partition coefficient (Wildman–Crippen LogP) is 3.65. The molecule has 1 aromatic carbocycles. The number of hydrogen-bond donors (Lipinski definition) is 2.